The fraction of sp³-hybridized carbons (Fsp3) is 0.471. The molecule has 1 saturated heterocycles. The second-order valence-corrected chi connectivity index (χ2v) is 6.35. The van der Waals surface area contributed by atoms with E-state index in [-0.39, 0.29) is 25.4 Å². The van der Waals surface area contributed by atoms with Crippen LogP contribution >= 0.6 is 0 Å². The summed E-state index contributed by atoms with van der Waals surface area (Å²) >= 11 is 0. The molecule has 0 aromatic heterocycles. The Kier molecular flexibility index (Phi) is 8.10. The number of benzene rings is 1. The molecule has 1 aliphatic rings. The zero-order valence-corrected chi connectivity index (χ0v) is 16.0. The number of urea groups is 1. The van der Waals surface area contributed by atoms with Crippen molar-refractivity contribution in [2.24, 2.45) is 5.73 Å². The summed E-state index contributed by atoms with van der Waals surface area (Å²) in [5.41, 5.74) is 3.48. The zero-order chi connectivity index (χ0) is 23.2. The number of carbonyl (C=O) groups excluding carboxylic acids is 3. The fourth-order valence-electron chi connectivity index (χ4n) is 2.67. The lowest BCUT2D eigenvalue weighted by molar-refractivity contribution is -0.137. The lowest BCUT2D eigenvalue weighted by Gasteiger charge is -2.28. The minimum absolute atomic E-state index is 0.0292. The molecule has 1 heterocycles. The van der Waals surface area contributed by atoms with Gasteiger partial charge in [-0.2, -0.15) is 13.2 Å². The molecular weight excluding hydrogens is 433 g/mol. The highest BCUT2D eigenvalue weighted by Crippen LogP contribution is 2.37. The van der Waals surface area contributed by atoms with Crippen molar-refractivity contribution in [3.63, 3.8) is 0 Å². The molecule has 172 valence electrons. The Hall–Kier alpha value is -3.00. The summed E-state index contributed by atoms with van der Waals surface area (Å²) in [5.74, 6) is -1.60. The largest absolute Gasteiger partial charge is 0.418 e. The van der Waals surface area contributed by atoms with E-state index < -0.39 is 60.8 Å². The molecule has 1 aromatic carbocycles. The van der Waals surface area contributed by atoms with Gasteiger partial charge < -0.3 is 31.3 Å². The van der Waals surface area contributed by atoms with E-state index in [1.165, 1.54) is 6.07 Å². The van der Waals surface area contributed by atoms with E-state index >= 15 is 0 Å². The number of rotatable bonds is 7. The van der Waals surface area contributed by atoms with Crippen molar-refractivity contribution in [1.29, 1.82) is 0 Å². The molecule has 0 radical (unpaired) electrons. The van der Waals surface area contributed by atoms with Gasteiger partial charge in [-0.05, 0) is 18.2 Å². The fourth-order valence-corrected chi connectivity index (χ4v) is 2.67. The molecule has 1 atom stereocenters. The van der Waals surface area contributed by atoms with Crippen LogP contribution in [0.3, 0.4) is 0 Å². The first-order valence-corrected chi connectivity index (χ1v) is 8.95. The number of anilines is 2. The SMILES string of the molecule is NC[C@@H](NC(=O)NCC(F)F)C(=O)Nc1ccc(N2CCOCC2=O)cc1C(F)(F)F. The van der Waals surface area contributed by atoms with Crippen LogP contribution in [0.1, 0.15) is 5.56 Å². The summed E-state index contributed by atoms with van der Waals surface area (Å²) < 4.78 is 69.9. The second kappa shape index (κ2) is 10.3. The summed E-state index contributed by atoms with van der Waals surface area (Å²) in [4.78, 5) is 36.9. The molecule has 14 heteroatoms. The zero-order valence-electron chi connectivity index (χ0n) is 16.0. The van der Waals surface area contributed by atoms with Crippen LogP contribution in [0.2, 0.25) is 0 Å². The third kappa shape index (κ3) is 6.75. The molecule has 0 bridgehead atoms. The highest BCUT2D eigenvalue weighted by Gasteiger charge is 2.36. The van der Waals surface area contributed by atoms with Crippen LogP contribution < -0.4 is 26.6 Å². The van der Waals surface area contributed by atoms with Crippen molar-refractivity contribution >= 4 is 29.2 Å². The quantitative estimate of drug-likeness (QED) is 0.457. The van der Waals surface area contributed by atoms with E-state index in [1.807, 2.05) is 10.6 Å². The number of hydrogen-bond acceptors (Lipinski definition) is 5. The van der Waals surface area contributed by atoms with Gasteiger partial charge in [-0.1, -0.05) is 0 Å². The van der Waals surface area contributed by atoms with E-state index in [2.05, 4.69) is 0 Å². The molecule has 4 amide bonds. The predicted octanol–water partition coefficient (Wildman–Crippen LogP) is 0.899. The molecular formula is C17H20F5N5O4. The minimum atomic E-state index is -4.88. The number of carbonyl (C=O) groups is 3. The van der Waals surface area contributed by atoms with Crippen molar-refractivity contribution in [2.45, 2.75) is 18.6 Å². The number of alkyl halides is 5. The summed E-state index contributed by atoms with van der Waals surface area (Å²) in [6, 6.07) is 0.263. The Labute approximate surface area is 173 Å². The monoisotopic (exact) mass is 453 g/mol. The number of halogens is 5. The number of ether oxygens (including phenoxy) is 1. The lowest BCUT2D eigenvalue weighted by atomic mass is 10.1. The van der Waals surface area contributed by atoms with Crippen LogP contribution in [0.15, 0.2) is 18.2 Å². The molecule has 0 saturated carbocycles. The highest BCUT2D eigenvalue weighted by atomic mass is 19.4. The molecule has 0 unspecified atom stereocenters. The first kappa shape index (κ1) is 24.3. The van der Waals surface area contributed by atoms with Crippen molar-refractivity contribution in [2.75, 3.05) is 43.1 Å². The number of nitrogens with one attached hydrogen (secondary N) is 3. The average molecular weight is 453 g/mol. The van der Waals surface area contributed by atoms with E-state index in [1.54, 1.807) is 5.32 Å². The smallest absolute Gasteiger partial charge is 0.370 e. The number of nitrogens with two attached hydrogens (primary N) is 1. The normalized spacial score (nSPS) is 15.6. The topological polar surface area (TPSA) is 126 Å². The van der Waals surface area contributed by atoms with E-state index in [0.717, 1.165) is 11.0 Å². The summed E-state index contributed by atoms with van der Waals surface area (Å²) in [6.45, 7) is -1.53. The maximum absolute atomic E-state index is 13.6. The van der Waals surface area contributed by atoms with Crippen molar-refractivity contribution in [3.8, 4) is 0 Å². The predicted molar refractivity (Wildman–Crippen MR) is 98.6 cm³/mol. The van der Waals surface area contributed by atoms with E-state index in [4.69, 9.17) is 10.5 Å². The van der Waals surface area contributed by atoms with Crippen LogP contribution in [-0.4, -0.2) is 63.2 Å². The first-order chi connectivity index (χ1) is 14.5. The van der Waals surface area contributed by atoms with Crippen molar-refractivity contribution in [1.82, 2.24) is 10.6 Å². The molecule has 0 spiro atoms. The Balaban J connectivity index is 2.19. The standard InChI is InChI=1S/C17H20F5N5O4/c18-13(19)7-24-16(30)26-12(6-23)15(29)25-11-2-1-9(5-10(11)17(20,21)22)27-3-4-31-8-14(27)28/h1-2,5,12-13H,3-4,6-8,23H2,(H,25,29)(H2,24,26,30)/t12-/m1/s1. The molecule has 9 nitrogen and oxygen atoms in total. The van der Waals surface area contributed by atoms with E-state index in [0.29, 0.717) is 6.07 Å². The minimum Gasteiger partial charge on any atom is -0.370 e. The first-order valence-electron chi connectivity index (χ1n) is 8.95. The Morgan fingerprint density at radius 2 is 1.97 bits per heavy atom. The van der Waals surface area contributed by atoms with Crippen LogP contribution in [0, 0.1) is 0 Å². The van der Waals surface area contributed by atoms with Crippen LogP contribution in [0.25, 0.3) is 0 Å². The number of amides is 4. The van der Waals surface area contributed by atoms with Gasteiger partial charge in [-0.15, -0.1) is 0 Å². The third-order valence-electron chi connectivity index (χ3n) is 4.14. The average Bonchev–Trinajstić information content (AvgIpc) is 2.70. The van der Waals surface area contributed by atoms with Crippen molar-refractivity contribution in [3.05, 3.63) is 23.8 Å². The van der Waals surface area contributed by atoms with Crippen molar-refractivity contribution < 1.29 is 41.1 Å². The summed E-state index contributed by atoms with van der Waals surface area (Å²) in [6.07, 6.45) is -7.71. The van der Waals surface area contributed by atoms with Gasteiger partial charge in [0.25, 0.3) is 12.3 Å². The van der Waals surface area contributed by atoms with Crippen LogP contribution in [0.4, 0.5) is 38.1 Å². The Bertz CT molecular complexity index is 821. The second-order valence-electron chi connectivity index (χ2n) is 6.35. The Morgan fingerprint density at radius 1 is 1.26 bits per heavy atom. The van der Waals surface area contributed by atoms with Gasteiger partial charge in [0.05, 0.1) is 24.4 Å². The van der Waals surface area contributed by atoms with Gasteiger partial charge in [0, 0.05) is 18.8 Å². The molecule has 1 aromatic rings. The highest BCUT2D eigenvalue weighted by molar-refractivity contribution is 5.99. The molecule has 0 aliphatic carbocycles. The van der Waals surface area contributed by atoms with Gasteiger partial charge in [0.15, 0.2) is 0 Å². The van der Waals surface area contributed by atoms with Gasteiger partial charge >= 0.3 is 12.2 Å². The summed E-state index contributed by atoms with van der Waals surface area (Å²) in [5, 5.41) is 5.81. The van der Waals surface area contributed by atoms with Crippen LogP contribution in [0.5, 0.6) is 0 Å². The van der Waals surface area contributed by atoms with Gasteiger partial charge in [-0.25, -0.2) is 13.6 Å². The third-order valence-corrected chi connectivity index (χ3v) is 4.14. The maximum atomic E-state index is 13.6. The number of nitrogens with zero attached hydrogens (tertiary/aromatic N) is 1. The Morgan fingerprint density at radius 3 is 2.55 bits per heavy atom. The molecule has 31 heavy (non-hydrogen) atoms. The maximum Gasteiger partial charge on any atom is 0.418 e. The van der Waals surface area contributed by atoms with Gasteiger partial charge in [0.2, 0.25) is 5.91 Å². The molecule has 2 rings (SSSR count). The number of hydrogen-bond donors (Lipinski definition) is 4. The lowest BCUT2D eigenvalue weighted by Crippen LogP contribution is -2.52. The van der Waals surface area contributed by atoms with E-state index in [9.17, 15) is 36.3 Å². The number of morpholine rings is 1. The summed E-state index contributed by atoms with van der Waals surface area (Å²) in [7, 11) is 0. The van der Waals surface area contributed by atoms with Gasteiger partial charge in [0.1, 0.15) is 12.6 Å². The molecule has 1 aliphatic heterocycles. The van der Waals surface area contributed by atoms with Crippen LogP contribution in [-0.2, 0) is 20.5 Å². The molecule has 1 fully saturated rings. The molecule has 5 N–H and O–H groups in total. The van der Waals surface area contributed by atoms with Gasteiger partial charge in [-0.3, -0.25) is 9.59 Å².